The molecule has 2 aromatic heterocycles. The van der Waals surface area contributed by atoms with Crippen LogP contribution in [0.15, 0.2) is 67.0 Å². The van der Waals surface area contributed by atoms with Gasteiger partial charge in [0.2, 0.25) is 5.88 Å². The fourth-order valence-electron chi connectivity index (χ4n) is 2.49. The average molecular weight is 362 g/mol. The number of carbonyl (C=O) groups excluding carboxylic acids is 1. The lowest BCUT2D eigenvalue weighted by atomic mass is 10.2. The molecule has 1 N–H and O–H groups in total. The second-order valence-corrected chi connectivity index (χ2v) is 6.10. The smallest absolute Gasteiger partial charge is 0.321 e. The van der Waals surface area contributed by atoms with Gasteiger partial charge in [-0.05, 0) is 42.3 Å². The van der Waals surface area contributed by atoms with Gasteiger partial charge in [-0.1, -0.05) is 25.1 Å². The molecule has 6 nitrogen and oxygen atoms in total. The second kappa shape index (κ2) is 8.80. The number of amides is 2. The zero-order valence-electron chi connectivity index (χ0n) is 15.4. The highest BCUT2D eigenvalue weighted by Crippen LogP contribution is 2.21. The highest BCUT2D eigenvalue weighted by Gasteiger charge is 2.10. The van der Waals surface area contributed by atoms with Crippen LogP contribution in [0.5, 0.6) is 11.6 Å². The number of nitrogens with one attached hydrogen (secondary N) is 1. The molecule has 1 aromatic carbocycles. The number of aryl methyl sites for hydroxylation is 1. The van der Waals surface area contributed by atoms with E-state index in [9.17, 15) is 4.79 Å². The van der Waals surface area contributed by atoms with Crippen LogP contribution >= 0.6 is 0 Å². The van der Waals surface area contributed by atoms with Crippen molar-refractivity contribution in [1.82, 2.24) is 14.9 Å². The zero-order valence-corrected chi connectivity index (χ0v) is 15.4. The van der Waals surface area contributed by atoms with Gasteiger partial charge in [0.15, 0.2) is 0 Å². The summed E-state index contributed by atoms with van der Waals surface area (Å²) in [6.45, 7) is 2.52. The van der Waals surface area contributed by atoms with Crippen molar-refractivity contribution in [2.24, 2.45) is 0 Å². The predicted octanol–water partition coefficient (Wildman–Crippen LogP) is 4.50. The normalized spacial score (nSPS) is 10.3. The van der Waals surface area contributed by atoms with E-state index in [2.05, 4.69) is 28.3 Å². The lowest BCUT2D eigenvalue weighted by Crippen LogP contribution is -2.31. The number of benzene rings is 1. The minimum atomic E-state index is -0.230. The van der Waals surface area contributed by atoms with E-state index < -0.39 is 0 Å². The number of hydrogen-bond acceptors (Lipinski definition) is 4. The van der Waals surface area contributed by atoms with Crippen LogP contribution in [0, 0.1) is 0 Å². The van der Waals surface area contributed by atoms with Crippen LogP contribution in [0.2, 0.25) is 0 Å². The van der Waals surface area contributed by atoms with Gasteiger partial charge in [-0.15, -0.1) is 0 Å². The highest BCUT2D eigenvalue weighted by atomic mass is 16.5. The number of ether oxygens (including phenoxy) is 1. The number of nitrogens with zero attached hydrogens (tertiary/aromatic N) is 3. The number of rotatable bonds is 6. The van der Waals surface area contributed by atoms with Crippen molar-refractivity contribution in [2.75, 3.05) is 12.4 Å². The molecule has 0 aliphatic rings. The van der Waals surface area contributed by atoms with Crippen molar-refractivity contribution >= 4 is 11.7 Å². The molecule has 0 atom stereocenters. The first kappa shape index (κ1) is 18.4. The van der Waals surface area contributed by atoms with Gasteiger partial charge in [-0.3, -0.25) is 4.98 Å². The molecule has 0 fully saturated rings. The molecule has 0 unspecified atom stereocenters. The van der Waals surface area contributed by atoms with E-state index in [0.29, 0.717) is 18.1 Å². The quantitative estimate of drug-likeness (QED) is 0.701. The van der Waals surface area contributed by atoms with E-state index in [0.717, 1.165) is 17.9 Å². The summed E-state index contributed by atoms with van der Waals surface area (Å²) in [6.07, 6.45) is 4.23. The molecule has 0 aliphatic heterocycles. The number of anilines is 1. The lowest BCUT2D eigenvalue weighted by Gasteiger charge is -2.17. The van der Waals surface area contributed by atoms with Gasteiger partial charge in [0.1, 0.15) is 5.75 Å². The first-order valence-corrected chi connectivity index (χ1v) is 8.79. The monoisotopic (exact) mass is 362 g/mol. The van der Waals surface area contributed by atoms with Crippen molar-refractivity contribution < 1.29 is 9.53 Å². The fraction of sp³-hybridized carbons (Fsp3) is 0.190. The van der Waals surface area contributed by atoms with Crippen LogP contribution in [0.4, 0.5) is 10.5 Å². The van der Waals surface area contributed by atoms with Gasteiger partial charge < -0.3 is 15.0 Å². The van der Waals surface area contributed by atoms with Crippen molar-refractivity contribution in [3.05, 3.63) is 78.2 Å². The van der Waals surface area contributed by atoms with Gasteiger partial charge in [0.05, 0.1) is 24.1 Å². The van der Waals surface area contributed by atoms with Crippen molar-refractivity contribution in [3.8, 4) is 11.6 Å². The maximum absolute atomic E-state index is 12.3. The van der Waals surface area contributed by atoms with Gasteiger partial charge in [-0.2, -0.15) is 0 Å². The number of carbonyl (C=O) groups is 1. The Morgan fingerprint density at radius 1 is 1.11 bits per heavy atom. The summed E-state index contributed by atoms with van der Waals surface area (Å²) in [5.41, 5.74) is 2.63. The average Bonchev–Trinajstić information content (AvgIpc) is 2.70. The molecule has 0 aliphatic carbocycles. The van der Waals surface area contributed by atoms with Gasteiger partial charge >= 0.3 is 6.03 Å². The molecule has 0 saturated heterocycles. The molecule has 6 heteroatoms. The standard InChI is InChI=1S/C21H22N4O2/c1-3-16-7-6-9-19(13-16)27-20-11-10-17(14-23-20)24-21(26)25(2)15-18-8-4-5-12-22-18/h4-14H,3,15H2,1-2H3,(H,24,26). The number of urea groups is 1. The summed E-state index contributed by atoms with van der Waals surface area (Å²) in [4.78, 5) is 22.3. The van der Waals surface area contributed by atoms with E-state index in [-0.39, 0.29) is 6.03 Å². The molecule has 3 rings (SSSR count). The largest absolute Gasteiger partial charge is 0.439 e. The van der Waals surface area contributed by atoms with Crippen LogP contribution in [-0.2, 0) is 13.0 Å². The topological polar surface area (TPSA) is 67.3 Å². The summed E-state index contributed by atoms with van der Waals surface area (Å²) in [6, 6.07) is 16.8. The zero-order chi connectivity index (χ0) is 19.1. The number of pyridine rings is 2. The van der Waals surface area contributed by atoms with Crippen molar-refractivity contribution in [2.45, 2.75) is 19.9 Å². The molecule has 0 saturated carbocycles. The third-order valence-electron chi connectivity index (χ3n) is 3.99. The Morgan fingerprint density at radius 2 is 2.00 bits per heavy atom. The summed E-state index contributed by atoms with van der Waals surface area (Å²) in [5, 5.41) is 2.81. The fourth-order valence-corrected chi connectivity index (χ4v) is 2.49. The molecule has 0 spiro atoms. The predicted molar refractivity (Wildman–Crippen MR) is 105 cm³/mol. The summed E-state index contributed by atoms with van der Waals surface area (Å²) in [5.74, 6) is 1.22. The maximum atomic E-state index is 12.3. The Balaban J connectivity index is 1.57. The molecule has 27 heavy (non-hydrogen) atoms. The summed E-state index contributed by atoms with van der Waals surface area (Å²) in [7, 11) is 1.72. The van der Waals surface area contributed by atoms with Gasteiger partial charge in [-0.25, -0.2) is 9.78 Å². The third kappa shape index (κ3) is 5.28. The van der Waals surface area contributed by atoms with E-state index >= 15 is 0 Å². The second-order valence-electron chi connectivity index (χ2n) is 6.10. The molecule has 3 aromatic rings. The molecular weight excluding hydrogens is 340 g/mol. The Morgan fingerprint density at radius 3 is 2.70 bits per heavy atom. The Labute approximate surface area is 158 Å². The SMILES string of the molecule is CCc1cccc(Oc2ccc(NC(=O)N(C)Cc3ccccn3)cn2)c1. The van der Waals surface area contributed by atoms with Crippen LogP contribution in [0.25, 0.3) is 0 Å². The van der Waals surface area contributed by atoms with Crippen LogP contribution in [0.1, 0.15) is 18.2 Å². The highest BCUT2D eigenvalue weighted by molar-refractivity contribution is 5.88. The van der Waals surface area contributed by atoms with E-state index in [1.807, 2.05) is 36.4 Å². The molecule has 138 valence electrons. The van der Waals surface area contributed by atoms with Crippen LogP contribution < -0.4 is 10.1 Å². The summed E-state index contributed by atoms with van der Waals surface area (Å²) < 4.78 is 5.76. The van der Waals surface area contributed by atoms with Gasteiger partial charge in [0, 0.05) is 19.3 Å². The Bertz CT molecular complexity index is 882. The lowest BCUT2D eigenvalue weighted by molar-refractivity contribution is 0.220. The van der Waals surface area contributed by atoms with Crippen LogP contribution in [0.3, 0.4) is 0 Å². The summed E-state index contributed by atoms with van der Waals surface area (Å²) >= 11 is 0. The minimum absolute atomic E-state index is 0.230. The van der Waals surface area contributed by atoms with E-state index in [1.165, 1.54) is 5.56 Å². The minimum Gasteiger partial charge on any atom is -0.439 e. The van der Waals surface area contributed by atoms with Crippen LogP contribution in [-0.4, -0.2) is 27.9 Å². The number of hydrogen-bond donors (Lipinski definition) is 1. The first-order chi connectivity index (χ1) is 13.1. The first-order valence-electron chi connectivity index (χ1n) is 8.79. The molecule has 2 heterocycles. The third-order valence-corrected chi connectivity index (χ3v) is 3.99. The van der Waals surface area contributed by atoms with Crippen molar-refractivity contribution in [3.63, 3.8) is 0 Å². The Hall–Kier alpha value is -3.41. The Kier molecular flexibility index (Phi) is 5.99. The number of aromatic nitrogens is 2. The maximum Gasteiger partial charge on any atom is 0.321 e. The molecule has 0 bridgehead atoms. The van der Waals surface area contributed by atoms with Crippen molar-refractivity contribution in [1.29, 1.82) is 0 Å². The molecule has 2 amide bonds. The van der Waals surface area contributed by atoms with E-state index in [4.69, 9.17) is 4.74 Å². The molecule has 0 radical (unpaired) electrons. The van der Waals surface area contributed by atoms with E-state index in [1.54, 1.807) is 36.5 Å². The molecular formula is C21H22N4O2. The van der Waals surface area contributed by atoms with Gasteiger partial charge in [0.25, 0.3) is 0 Å².